The number of methoxy groups -OCH3 is 2. The Balaban J connectivity index is 1.43. The van der Waals surface area contributed by atoms with E-state index in [1.54, 1.807) is 26.5 Å². The van der Waals surface area contributed by atoms with Gasteiger partial charge in [-0.3, -0.25) is 9.78 Å². The van der Waals surface area contributed by atoms with Crippen LogP contribution in [0.4, 0.5) is 0 Å². The maximum Gasteiger partial charge on any atom is 0.244 e. The number of aromatic nitrogens is 1. The Bertz CT molecular complexity index is 1000. The SMILES string of the molecule is COc1ccc(CCNC(=O)/C=C/c2ccc(OCc3ccccn3)cc2)cc1OC. The van der Waals surface area contributed by atoms with Crippen molar-refractivity contribution in [2.24, 2.45) is 0 Å². The van der Waals surface area contributed by atoms with Crippen LogP contribution >= 0.6 is 0 Å². The van der Waals surface area contributed by atoms with Crippen LogP contribution in [0.25, 0.3) is 6.08 Å². The molecule has 0 spiro atoms. The molecule has 0 saturated carbocycles. The molecule has 3 rings (SSSR count). The molecule has 1 amide bonds. The van der Waals surface area contributed by atoms with Gasteiger partial charge in [-0.05, 0) is 60.0 Å². The Labute approximate surface area is 182 Å². The molecule has 1 N–H and O–H groups in total. The first-order valence-electron chi connectivity index (χ1n) is 9.97. The van der Waals surface area contributed by atoms with Gasteiger partial charge in [0.15, 0.2) is 11.5 Å². The van der Waals surface area contributed by atoms with Crippen LogP contribution in [0.3, 0.4) is 0 Å². The van der Waals surface area contributed by atoms with E-state index in [1.165, 1.54) is 6.08 Å². The number of hydrogen-bond acceptors (Lipinski definition) is 5. The maximum absolute atomic E-state index is 12.1. The number of rotatable bonds is 10. The summed E-state index contributed by atoms with van der Waals surface area (Å²) in [6.45, 7) is 0.942. The van der Waals surface area contributed by atoms with Crippen LogP contribution in [0.15, 0.2) is 72.9 Å². The van der Waals surface area contributed by atoms with Crippen molar-refractivity contribution < 1.29 is 19.0 Å². The monoisotopic (exact) mass is 418 g/mol. The summed E-state index contributed by atoms with van der Waals surface area (Å²) in [5.41, 5.74) is 2.85. The van der Waals surface area contributed by atoms with Crippen LogP contribution in [-0.2, 0) is 17.8 Å². The van der Waals surface area contributed by atoms with Crippen molar-refractivity contribution >= 4 is 12.0 Å². The van der Waals surface area contributed by atoms with Crippen LogP contribution in [0.1, 0.15) is 16.8 Å². The Morgan fingerprint density at radius 3 is 2.52 bits per heavy atom. The van der Waals surface area contributed by atoms with Crippen molar-refractivity contribution in [3.05, 3.63) is 89.8 Å². The number of hydrogen-bond donors (Lipinski definition) is 1. The smallest absolute Gasteiger partial charge is 0.244 e. The fraction of sp³-hybridized carbons (Fsp3) is 0.200. The second-order valence-corrected chi connectivity index (χ2v) is 6.74. The lowest BCUT2D eigenvalue weighted by molar-refractivity contribution is -0.116. The third-order valence-electron chi connectivity index (χ3n) is 4.58. The standard InChI is InChI=1S/C25H26N2O4/c1-29-23-12-8-20(17-24(23)30-2)14-16-27-25(28)13-9-19-6-10-22(11-7-19)31-18-21-5-3-4-15-26-21/h3-13,15,17H,14,16,18H2,1-2H3,(H,27,28)/b13-9+. The number of benzene rings is 2. The van der Waals surface area contributed by atoms with Crippen molar-refractivity contribution in [1.82, 2.24) is 10.3 Å². The Morgan fingerprint density at radius 1 is 1.00 bits per heavy atom. The number of carbonyl (C=O) groups is 1. The van der Waals surface area contributed by atoms with Gasteiger partial charge in [-0.1, -0.05) is 24.3 Å². The molecule has 0 aliphatic heterocycles. The first-order chi connectivity index (χ1) is 15.2. The highest BCUT2D eigenvalue weighted by molar-refractivity contribution is 5.91. The zero-order valence-electron chi connectivity index (χ0n) is 17.7. The zero-order chi connectivity index (χ0) is 21.9. The highest BCUT2D eigenvalue weighted by Gasteiger charge is 2.05. The van der Waals surface area contributed by atoms with Gasteiger partial charge in [-0.15, -0.1) is 0 Å². The normalized spacial score (nSPS) is 10.6. The molecule has 3 aromatic rings. The topological polar surface area (TPSA) is 69.7 Å². The third kappa shape index (κ3) is 6.89. The van der Waals surface area contributed by atoms with E-state index in [0.717, 1.165) is 22.6 Å². The van der Waals surface area contributed by atoms with Crippen molar-refractivity contribution in [3.63, 3.8) is 0 Å². The molecule has 1 aromatic heterocycles. The molecule has 0 unspecified atom stereocenters. The van der Waals surface area contributed by atoms with Gasteiger partial charge in [0.1, 0.15) is 12.4 Å². The second-order valence-electron chi connectivity index (χ2n) is 6.74. The van der Waals surface area contributed by atoms with Crippen molar-refractivity contribution in [2.45, 2.75) is 13.0 Å². The average molecular weight is 418 g/mol. The van der Waals surface area contributed by atoms with E-state index in [-0.39, 0.29) is 5.91 Å². The average Bonchev–Trinajstić information content (AvgIpc) is 2.82. The summed E-state index contributed by atoms with van der Waals surface area (Å²) in [4.78, 5) is 16.3. The predicted octanol–water partition coefficient (Wildman–Crippen LogP) is 4.05. The molecular weight excluding hydrogens is 392 g/mol. The molecule has 0 fully saturated rings. The van der Waals surface area contributed by atoms with Crippen LogP contribution in [0.2, 0.25) is 0 Å². The highest BCUT2D eigenvalue weighted by Crippen LogP contribution is 2.27. The van der Waals surface area contributed by atoms with Crippen LogP contribution in [0, 0.1) is 0 Å². The molecule has 160 valence electrons. The van der Waals surface area contributed by atoms with Crippen molar-refractivity contribution in [1.29, 1.82) is 0 Å². The van der Waals surface area contributed by atoms with E-state index in [0.29, 0.717) is 31.1 Å². The molecule has 6 nitrogen and oxygen atoms in total. The molecule has 0 atom stereocenters. The molecule has 1 heterocycles. The lowest BCUT2D eigenvalue weighted by Crippen LogP contribution is -2.23. The minimum absolute atomic E-state index is 0.143. The number of amides is 1. The van der Waals surface area contributed by atoms with Crippen molar-refractivity contribution in [2.75, 3.05) is 20.8 Å². The molecule has 31 heavy (non-hydrogen) atoms. The lowest BCUT2D eigenvalue weighted by Gasteiger charge is -2.09. The molecule has 0 aliphatic rings. The summed E-state index contributed by atoms with van der Waals surface area (Å²) < 4.78 is 16.3. The van der Waals surface area contributed by atoms with E-state index in [2.05, 4.69) is 10.3 Å². The molecule has 0 aliphatic carbocycles. The molecular formula is C25H26N2O4. The third-order valence-corrected chi connectivity index (χ3v) is 4.58. The molecule has 0 bridgehead atoms. The number of pyridine rings is 1. The molecule has 0 saturated heterocycles. The molecule has 6 heteroatoms. The van der Waals surface area contributed by atoms with E-state index in [1.807, 2.05) is 60.7 Å². The number of carbonyl (C=O) groups excluding carboxylic acids is 1. The van der Waals surface area contributed by atoms with Gasteiger partial charge in [-0.2, -0.15) is 0 Å². The Kier molecular flexibility index (Phi) is 8.05. The molecule has 0 radical (unpaired) electrons. The van der Waals surface area contributed by atoms with Gasteiger partial charge in [-0.25, -0.2) is 0 Å². The summed E-state index contributed by atoms with van der Waals surface area (Å²) in [6.07, 6.45) is 5.74. The first-order valence-corrected chi connectivity index (χ1v) is 9.97. The van der Waals surface area contributed by atoms with E-state index >= 15 is 0 Å². The summed E-state index contributed by atoms with van der Waals surface area (Å²) in [5, 5.41) is 2.89. The van der Waals surface area contributed by atoms with Crippen LogP contribution < -0.4 is 19.5 Å². The number of ether oxygens (including phenoxy) is 3. The summed E-state index contributed by atoms with van der Waals surface area (Å²) in [7, 11) is 3.21. The van der Waals surface area contributed by atoms with Gasteiger partial charge in [0.2, 0.25) is 5.91 Å². The van der Waals surface area contributed by atoms with E-state index in [4.69, 9.17) is 14.2 Å². The Hall–Kier alpha value is -3.80. The zero-order valence-corrected chi connectivity index (χ0v) is 17.7. The maximum atomic E-state index is 12.1. The highest BCUT2D eigenvalue weighted by atomic mass is 16.5. The van der Waals surface area contributed by atoms with Crippen molar-refractivity contribution in [3.8, 4) is 17.2 Å². The Morgan fingerprint density at radius 2 is 1.81 bits per heavy atom. The summed E-state index contributed by atoms with van der Waals surface area (Å²) >= 11 is 0. The number of nitrogens with one attached hydrogen (secondary N) is 1. The lowest BCUT2D eigenvalue weighted by atomic mass is 10.1. The van der Waals surface area contributed by atoms with Gasteiger partial charge < -0.3 is 19.5 Å². The van der Waals surface area contributed by atoms with Crippen LogP contribution in [0.5, 0.6) is 17.2 Å². The fourth-order valence-corrected chi connectivity index (χ4v) is 2.91. The number of nitrogens with zero attached hydrogens (tertiary/aromatic N) is 1. The minimum atomic E-state index is -0.143. The van der Waals surface area contributed by atoms with Gasteiger partial charge >= 0.3 is 0 Å². The van der Waals surface area contributed by atoms with Gasteiger partial charge in [0, 0.05) is 18.8 Å². The molecule has 2 aromatic carbocycles. The summed E-state index contributed by atoms with van der Waals surface area (Å²) in [6, 6.07) is 19.0. The van der Waals surface area contributed by atoms with Gasteiger partial charge in [0.05, 0.1) is 19.9 Å². The van der Waals surface area contributed by atoms with Gasteiger partial charge in [0.25, 0.3) is 0 Å². The predicted molar refractivity (Wildman–Crippen MR) is 120 cm³/mol. The van der Waals surface area contributed by atoms with Crippen LogP contribution in [-0.4, -0.2) is 31.7 Å². The first kappa shape index (κ1) is 21.9. The van der Waals surface area contributed by atoms with E-state index in [9.17, 15) is 4.79 Å². The fourth-order valence-electron chi connectivity index (χ4n) is 2.91. The second kappa shape index (κ2) is 11.4. The quantitative estimate of drug-likeness (QED) is 0.503. The largest absolute Gasteiger partial charge is 0.493 e. The van der Waals surface area contributed by atoms with E-state index < -0.39 is 0 Å². The summed E-state index contributed by atoms with van der Waals surface area (Å²) in [5.74, 6) is 1.98. The minimum Gasteiger partial charge on any atom is -0.493 e.